The first-order valence-electron chi connectivity index (χ1n) is 8.86. The summed E-state index contributed by atoms with van der Waals surface area (Å²) < 4.78 is 74.6. The monoisotopic (exact) mass is 444 g/mol. The third kappa shape index (κ3) is 5.22. The van der Waals surface area contributed by atoms with Crippen LogP contribution in [0.5, 0.6) is 11.5 Å². The Kier molecular flexibility index (Phi) is 6.22. The standard InChI is InChI=1S/C19H19F3N2O5S/c1-24(10-14-11-28-16-4-2-3-5-17(16)29-14)30(26,27)15-8-6-13(7-9-15)18(25)23-12-19(20,21)22/h2-9,14H,10-12H2,1H3,(H,23,25)/t14-/m0/s1. The fourth-order valence-electron chi connectivity index (χ4n) is 2.78. The van der Waals surface area contributed by atoms with Gasteiger partial charge in [-0.1, -0.05) is 12.1 Å². The van der Waals surface area contributed by atoms with Crippen molar-refractivity contribution in [2.24, 2.45) is 0 Å². The molecule has 7 nitrogen and oxygen atoms in total. The van der Waals surface area contributed by atoms with Crippen molar-refractivity contribution >= 4 is 15.9 Å². The summed E-state index contributed by atoms with van der Waals surface area (Å²) in [5.74, 6) is 0.156. The number of nitrogens with zero attached hydrogens (tertiary/aromatic N) is 1. The van der Waals surface area contributed by atoms with Gasteiger partial charge >= 0.3 is 6.18 Å². The molecule has 162 valence electrons. The molecule has 0 aliphatic carbocycles. The zero-order valence-electron chi connectivity index (χ0n) is 15.8. The van der Waals surface area contributed by atoms with Gasteiger partial charge in [-0.3, -0.25) is 4.79 Å². The molecule has 1 aliphatic heterocycles. The Morgan fingerprint density at radius 2 is 1.77 bits per heavy atom. The quantitative estimate of drug-likeness (QED) is 0.740. The van der Waals surface area contributed by atoms with E-state index in [-0.39, 0.29) is 23.6 Å². The minimum absolute atomic E-state index is 0.0183. The van der Waals surface area contributed by atoms with Gasteiger partial charge in [0.25, 0.3) is 5.91 Å². The molecular formula is C19H19F3N2O5S. The number of carbonyl (C=O) groups is 1. The average Bonchev–Trinajstić information content (AvgIpc) is 2.71. The van der Waals surface area contributed by atoms with E-state index in [2.05, 4.69) is 0 Å². The summed E-state index contributed by atoms with van der Waals surface area (Å²) >= 11 is 0. The zero-order chi connectivity index (χ0) is 21.9. The minimum atomic E-state index is -4.53. The van der Waals surface area contributed by atoms with Crippen molar-refractivity contribution in [2.75, 3.05) is 26.7 Å². The molecule has 2 aromatic carbocycles. The number of carbonyl (C=O) groups excluding carboxylic acids is 1. The predicted molar refractivity (Wildman–Crippen MR) is 101 cm³/mol. The van der Waals surface area contributed by atoms with Crippen LogP contribution < -0.4 is 14.8 Å². The summed E-state index contributed by atoms with van der Waals surface area (Å²) in [7, 11) is -2.53. The molecule has 1 N–H and O–H groups in total. The summed E-state index contributed by atoms with van der Waals surface area (Å²) in [6, 6.07) is 11.7. The maximum absolute atomic E-state index is 12.8. The van der Waals surface area contributed by atoms with Crippen molar-refractivity contribution in [1.29, 1.82) is 0 Å². The zero-order valence-corrected chi connectivity index (χ0v) is 16.7. The molecule has 0 radical (unpaired) electrons. The van der Waals surface area contributed by atoms with E-state index < -0.39 is 34.8 Å². The number of sulfonamides is 1. The Bertz CT molecular complexity index is 1010. The molecule has 1 aliphatic rings. The van der Waals surface area contributed by atoms with Gasteiger partial charge in [-0.05, 0) is 36.4 Å². The van der Waals surface area contributed by atoms with E-state index in [1.54, 1.807) is 29.6 Å². The molecule has 0 aromatic heterocycles. The van der Waals surface area contributed by atoms with Crippen LogP contribution in [0.4, 0.5) is 13.2 Å². The molecule has 2 aromatic rings. The summed E-state index contributed by atoms with van der Waals surface area (Å²) in [5.41, 5.74) is -0.0820. The van der Waals surface area contributed by atoms with E-state index in [0.29, 0.717) is 11.5 Å². The molecule has 1 amide bonds. The second-order valence-corrected chi connectivity index (χ2v) is 8.65. The highest BCUT2D eigenvalue weighted by Gasteiger charge is 2.29. The van der Waals surface area contributed by atoms with Crippen LogP contribution in [0.3, 0.4) is 0 Å². The first kappa shape index (κ1) is 21.9. The lowest BCUT2D eigenvalue weighted by Gasteiger charge is -2.29. The van der Waals surface area contributed by atoms with Crippen molar-refractivity contribution in [1.82, 2.24) is 9.62 Å². The number of alkyl halides is 3. The Morgan fingerprint density at radius 3 is 2.40 bits per heavy atom. The van der Waals surface area contributed by atoms with Crippen molar-refractivity contribution < 1.29 is 35.9 Å². The van der Waals surface area contributed by atoms with Crippen LogP contribution in [0.1, 0.15) is 10.4 Å². The minimum Gasteiger partial charge on any atom is -0.486 e. The molecule has 1 atom stereocenters. The van der Waals surface area contributed by atoms with Crippen molar-refractivity contribution in [3.63, 3.8) is 0 Å². The largest absolute Gasteiger partial charge is 0.486 e. The van der Waals surface area contributed by atoms with Gasteiger partial charge < -0.3 is 14.8 Å². The summed E-state index contributed by atoms with van der Waals surface area (Å²) in [5, 5.41) is 1.73. The number of fused-ring (bicyclic) bond motifs is 1. The Morgan fingerprint density at radius 1 is 1.13 bits per heavy atom. The number of halogens is 3. The molecule has 1 heterocycles. The maximum Gasteiger partial charge on any atom is 0.405 e. The number of hydrogen-bond acceptors (Lipinski definition) is 5. The number of benzene rings is 2. The predicted octanol–water partition coefficient (Wildman–Crippen LogP) is 2.44. The number of likely N-dealkylation sites (N-methyl/N-ethyl adjacent to an activating group) is 1. The van der Waals surface area contributed by atoms with Crippen LogP contribution in [0.25, 0.3) is 0 Å². The van der Waals surface area contributed by atoms with Gasteiger partial charge in [0.05, 0.1) is 11.4 Å². The highest BCUT2D eigenvalue weighted by Crippen LogP contribution is 2.31. The molecule has 11 heteroatoms. The summed E-state index contributed by atoms with van der Waals surface area (Å²) in [6.07, 6.45) is -5.06. The van der Waals surface area contributed by atoms with Crippen LogP contribution in [-0.2, 0) is 10.0 Å². The molecular weight excluding hydrogens is 425 g/mol. The lowest BCUT2D eigenvalue weighted by molar-refractivity contribution is -0.123. The SMILES string of the molecule is CN(C[C@H]1COc2ccccc2O1)S(=O)(=O)c1ccc(C(=O)NCC(F)(F)F)cc1. The van der Waals surface area contributed by atoms with Crippen LogP contribution in [0, 0.1) is 0 Å². The molecule has 0 bridgehead atoms. The van der Waals surface area contributed by atoms with Crippen LogP contribution in [0.2, 0.25) is 0 Å². The Labute approximate surface area is 171 Å². The molecule has 0 spiro atoms. The van der Waals surface area contributed by atoms with Gasteiger partial charge in [0.2, 0.25) is 10.0 Å². The molecule has 0 saturated heterocycles. The summed E-state index contributed by atoms with van der Waals surface area (Å²) in [6.45, 7) is -1.28. The fraction of sp³-hybridized carbons (Fsp3) is 0.316. The maximum atomic E-state index is 12.8. The normalized spacial score (nSPS) is 16.4. The lowest BCUT2D eigenvalue weighted by Crippen LogP contribution is -2.41. The van der Waals surface area contributed by atoms with Gasteiger partial charge in [-0.15, -0.1) is 0 Å². The van der Waals surface area contributed by atoms with Crippen LogP contribution >= 0.6 is 0 Å². The van der Waals surface area contributed by atoms with Crippen LogP contribution in [0.15, 0.2) is 53.4 Å². The van der Waals surface area contributed by atoms with Gasteiger partial charge in [0.1, 0.15) is 19.3 Å². The second-order valence-electron chi connectivity index (χ2n) is 6.61. The van der Waals surface area contributed by atoms with E-state index in [9.17, 15) is 26.4 Å². The van der Waals surface area contributed by atoms with Gasteiger partial charge in [0.15, 0.2) is 11.5 Å². The van der Waals surface area contributed by atoms with Crippen LogP contribution in [-0.4, -0.2) is 57.7 Å². The Hall–Kier alpha value is -2.79. The average molecular weight is 444 g/mol. The van der Waals surface area contributed by atoms with E-state index in [0.717, 1.165) is 16.4 Å². The third-order valence-electron chi connectivity index (χ3n) is 4.30. The molecule has 0 fully saturated rings. The van der Waals surface area contributed by atoms with Crippen molar-refractivity contribution in [2.45, 2.75) is 17.2 Å². The van der Waals surface area contributed by atoms with E-state index in [1.165, 1.54) is 19.2 Å². The molecule has 30 heavy (non-hydrogen) atoms. The number of ether oxygens (including phenoxy) is 2. The summed E-state index contributed by atoms with van der Waals surface area (Å²) in [4.78, 5) is 11.6. The number of para-hydroxylation sites is 2. The van der Waals surface area contributed by atoms with Gasteiger partial charge in [-0.2, -0.15) is 17.5 Å². The number of rotatable bonds is 6. The fourth-order valence-corrected chi connectivity index (χ4v) is 3.98. The van der Waals surface area contributed by atoms with Gasteiger partial charge in [0, 0.05) is 12.6 Å². The van der Waals surface area contributed by atoms with E-state index in [1.807, 2.05) is 0 Å². The lowest BCUT2D eigenvalue weighted by atomic mass is 10.2. The Balaban J connectivity index is 1.64. The number of hydrogen-bond donors (Lipinski definition) is 1. The topological polar surface area (TPSA) is 84.9 Å². The first-order chi connectivity index (χ1) is 14.1. The van der Waals surface area contributed by atoms with E-state index in [4.69, 9.17) is 9.47 Å². The van der Waals surface area contributed by atoms with Gasteiger partial charge in [-0.25, -0.2) is 8.42 Å². The molecule has 3 rings (SSSR count). The second kappa shape index (κ2) is 8.52. The van der Waals surface area contributed by atoms with Crippen molar-refractivity contribution in [3.8, 4) is 11.5 Å². The third-order valence-corrected chi connectivity index (χ3v) is 6.14. The highest BCUT2D eigenvalue weighted by atomic mass is 32.2. The molecule has 0 unspecified atom stereocenters. The molecule has 0 saturated carbocycles. The number of nitrogens with one attached hydrogen (secondary N) is 1. The highest BCUT2D eigenvalue weighted by molar-refractivity contribution is 7.89. The van der Waals surface area contributed by atoms with E-state index >= 15 is 0 Å². The van der Waals surface area contributed by atoms with Crippen molar-refractivity contribution in [3.05, 3.63) is 54.1 Å². The number of amides is 1. The smallest absolute Gasteiger partial charge is 0.405 e. The first-order valence-corrected chi connectivity index (χ1v) is 10.3.